The van der Waals surface area contributed by atoms with Crippen LogP contribution in [0, 0.1) is 0 Å². The zero-order chi connectivity index (χ0) is 14.0. The zero-order valence-electron chi connectivity index (χ0n) is 10.5. The number of nitrogens with zero attached hydrogens (tertiary/aromatic N) is 2. The highest BCUT2D eigenvalue weighted by Gasteiger charge is 2.12. The number of thioether (sulfide) groups is 1. The highest BCUT2D eigenvalue weighted by Crippen LogP contribution is 2.17. The third-order valence-corrected chi connectivity index (χ3v) is 3.40. The van der Waals surface area contributed by atoms with E-state index in [0.717, 1.165) is 10.4 Å². The van der Waals surface area contributed by atoms with Gasteiger partial charge in [0, 0.05) is 0 Å². The molecule has 1 aromatic heterocycles. The molecule has 0 spiro atoms. The van der Waals surface area contributed by atoms with Gasteiger partial charge in [-0.25, -0.2) is 14.5 Å². The molecule has 0 bridgehead atoms. The van der Waals surface area contributed by atoms with Crippen LogP contribution >= 0.6 is 11.8 Å². The van der Waals surface area contributed by atoms with E-state index in [1.54, 1.807) is 0 Å². The Labute approximate surface area is 113 Å². The molecule has 2 N–H and O–H groups in total. The predicted molar refractivity (Wildman–Crippen MR) is 73.9 cm³/mol. The minimum Gasteiger partial charge on any atom is -0.465 e. The Morgan fingerprint density at radius 2 is 2.26 bits per heavy atom. The number of methoxy groups -OCH3 is 1. The Bertz CT molecular complexity index is 696. The van der Waals surface area contributed by atoms with Crippen LogP contribution in [0.4, 0.5) is 0 Å². The van der Waals surface area contributed by atoms with Gasteiger partial charge in [0.2, 0.25) is 0 Å². The standard InChI is InChI=1S/C12H13N3O3S/c1-3-19-12-14-9-6-7(11(17)18-2)4-5-8(9)10(16)15(12)13/h4-6H,3,13H2,1-2H3. The molecular formula is C12H13N3O3S. The molecule has 100 valence electrons. The van der Waals surface area contributed by atoms with Crippen LogP contribution in [0.25, 0.3) is 10.9 Å². The first-order valence-electron chi connectivity index (χ1n) is 5.61. The number of hydrogen-bond acceptors (Lipinski definition) is 6. The Morgan fingerprint density at radius 3 is 2.89 bits per heavy atom. The quantitative estimate of drug-likeness (QED) is 0.390. The van der Waals surface area contributed by atoms with Gasteiger partial charge in [0.25, 0.3) is 5.56 Å². The molecule has 1 heterocycles. The molecule has 0 aliphatic heterocycles. The van der Waals surface area contributed by atoms with Crippen LogP contribution in [0.5, 0.6) is 0 Å². The maximum Gasteiger partial charge on any atom is 0.337 e. The number of benzene rings is 1. The second kappa shape index (κ2) is 5.31. The highest BCUT2D eigenvalue weighted by atomic mass is 32.2. The Balaban J connectivity index is 2.68. The monoisotopic (exact) mass is 279 g/mol. The highest BCUT2D eigenvalue weighted by molar-refractivity contribution is 7.99. The van der Waals surface area contributed by atoms with Crippen LogP contribution in [0.15, 0.2) is 28.2 Å². The predicted octanol–water partition coefficient (Wildman–Crippen LogP) is 1.01. The molecule has 0 unspecified atom stereocenters. The van der Waals surface area contributed by atoms with Crippen molar-refractivity contribution >= 4 is 28.6 Å². The third kappa shape index (κ3) is 2.41. The minimum atomic E-state index is -0.467. The Morgan fingerprint density at radius 1 is 1.53 bits per heavy atom. The SMILES string of the molecule is CCSc1nc2cc(C(=O)OC)ccc2c(=O)n1N. The molecule has 0 radical (unpaired) electrons. The number of ether oxygens (including phenoxy) is 1. The van der Waals surface area contributed by atoms with Gasteiger partial charge in [0.05, 0.1) is 23.6 Å². The number of rotatable bonds is 3. The fourth-order valence-electron chi connectivity index (χ4n) is 1.65. The summed E-state index contributed by atoms with van der Waals surface area (Å²) >= 11 is 1.36. The first kappa shape index (κ1) is 13.4. The van der Waals surface area contributed by atoms with E-state index in [1.807, 2.05) is 6.92 Å². The molecular weight excluding hydrogens is 266 g/mol. The van der Waals surface area contributed by atoms with Gasteiger partial charge < -0.3 is 10.6 Å². The van der Waals surface area contributed by atoms with Crippen molar-refractivity contribution in [3.05, 3.63) is 34.1 Å². The number of esters is 1. The number of nitrogen functional groups attached to an aromatic ring is 1. The molecule has 19 heavy (non-hydrogen) atoms. The van der Waals surface area contributed by atoms with E-state index in [0.29, 0.717) is 21.6 Å². The van der Waals surface area contributed by atoms with Crippen LogP contribution in [0.1, 0.15) is 17.3 Å². The number of hydrogen-bond donors (Lipinski definition) is 1. The lowest BCUT2D eigenvalue weighted by Gasteiger charge is -2.08. The van der Waals surface area contributed by atoms with E-state index < -0.39 is 5.97 Å². The number of fused-ring (bicyclic) bond motifs is 1. The van der Waals surface area contributed by atoms with E-state index in [2.05, 4.69) is 9.72 Å². The average Bonchev–Trinajstić information content (AvgIpc) is 2.43. The van der Waals surface area contributed by atoms with Gasteiger partial charge in [0.15, 0.2) is 5.16 Å². The van der Waals surface area contributed by atoms with Crippen molar-refractivity contribution in [2.24, 2.45) is 0 Å². The summed E-state index contributed by atoms with van der Waals surface area (Å²) in [6.45, 7) is 1.94. The molecule has 7 heteroatoms. The van der Waals surface area contributed by atoms with Crippen molar-refractivity contribution in [1.29, 1.82) is 0 Å². The molecule has 0 aliphatic rings. The molecule has 6 nitrogen and oxygen atoms in total. The lowest BCUT2D eigenvalue weighted by molar-refractivity contribution is 0.0601. The summed E-state index contributed by atoms with van der Waals surface area (Å²) in [6.07, 6.45) is 0. The van der Waals surface area contributed by atoms with Gasteiger partial charge in [-0.3, -0.25) is 4.79 Å². The molecule has 0 fully saturated rings. The van der Waals surface area contributed by atoms with Gasteiger partial charge in [-0.2, -0.15) is 0 Å². The van der Waals surface area contributed by atoms with Crippen molar-refractivity contribution in [2.75, 3.05) is 18.7 Å². The summed E-state index contributed by atoms with van der Waals surface area (Å²) in [7, 11) is 1.30. The molecule has 2 rings (SSSR count). The second-order valence-electron chi connectivity index (χ2n) is 3.73. The third-order valence-electron chi connectivity index (χ3n) is 2.56. The van der Waals surface area contributed by atoms with E-state index in [4.69, 9.17) is 5.84 Å². The van der Waals surface area contributed by atoms with Crippen LogP contribution < -0.4 is 11.4 Å². The van der Waals surface area contributed by atoms with E-state index >= 15 is 0 Å². The number of nitrogens with two attached hydrogens (primary N) is 1. The fraction of sp³-hybridized carbons (Fsp3) is 0.250. The topological polar surface area (TPSA) is 87.2 Å². The molecule has 0 saturated heterocycles. The van der Waals surface area contributed by atoms with E-state index in [1.165, 1.54) is 37.1 Å². The van der Waals surface area contributed by atoms with Crippen LogP contribution in [0.3, 0.4) is 0 Å². The van der Waals surface area contributed by atoms with Gasteiger partial charge >= 0.3 is 5.97 Å². The zero-order valence-corrected chi connectivity index (χ0v) is 11.4. The van der Waals surface area contributed by atoms with E-state index in [-0.39, 0.29) is 5.56 Å². The summed E-state index contributed by atoms with van der Waals surface area (Å²) < 4.78 is 5.66. The Kier molecular flexibility index (Phi) is 3.75. The number of carbonyl (C=O) groups is 1. The van der Waals surface area contributed by atoms with Gasteiger partial charge in [-0.15, -0.1) is 0 Å². The summed E-state index contributed by atoms with van der Waals surface area (Å²) in [5, 5.41) is 0.789. The largest absolute Gasteiger partial charge is 0.465 e. The summed E-state index contributed by atoms with van der Waals surface area (Å²) in [5.74, 6) is 5.96. The Hall–Kier alpha value is -2.02. The van der Waals surface area contributed by atoms with Crippen molar-refractivity contribution in [2.45, 2.75) is 12.1 Å². The normalized spacial score (nSPS) is 10.6. The van der Waals surface area contributed by atoms with Crippen molar-refractivity contribution in [1.82, 2.24) is 9.66 Å². The molecule has 0 saturated carbocycles. The molecule has 2 aromatic rings. The van der Waals surface area contributed by atoms with Crippen molar-refractivity contribution in [3.8, 4) is 0 Å². The summed E-state index contributed by atoms with van der Waals surface area (Å²) in [5.41, 5.74) is 0.451. The van der Waals surface area contributed by atoms with Gasteiger partial charge in [-0.1, -0.05) is 18.7 Å². The van der Waals surface area contributed by atoms with Gasteiger partial charge in [0.1, 0.15) is 0 Å². The van der Waals surface area contributed by atoms with Crippen LogP contribution in [-0.4, -0.2) is 28.5 Å². The smallest absolute Gasteiger partial charge is 0.337 e. The minimum absolute atomic E-state index is 0.336. The average molecular weight is 279 g/mol. The fourth-order valence-corrected chi connectivity index (χ4v) is 2.30. The maximum atomic E-state index is 12.0. The summed E-state index contributed by atoms with van der Waals surface area (Å²) in [6, 6.07) is 4.58. The maximum absolute atomic E-state index is 12.0. The number of aromatic nitrogens is 2. The second-order valence-corrected chi connectivity index (χ2v) is 4.96. The molecule has 1 aromatic carbocycles. The number of carbonyl (C=O) groups excluding carboxylic acids is 1. The first-order valence-corrected chi connectivity index (χ1v) is 6.60. The van der Waals surface area contributed by atoms with E-state index in [9.17, 15) is 9.59 Å². The molecule has 0 amide bonds. The molecule has 0 atom stereocenters. The lowest BCUT2D eigenvalue weighted by atomic mass is 10.1. The first-order chi connectivity index (χ1) is 9.08. The van der Waals surface area contributed by atoms with Crippen LogP contribution in [0.2, 0.25) is 0 Å². The van der Waals surface area contributed by atoms with Crippen molar-refractivity contribution < 1.29 is 9.53 Å². The van der Waals surface area contributed by atoms with Crippen molar-refractivity contribution in [3.63, 3.8) is 0 Å². The van der Waals surface area contributed by atoms with Crippen LogP contribution in [-0.2, 0) is 4.74 Å². The summed E-state index contributed by atoms with van der Waals surface area (Å²) in [4.78, 5) is 27.8. The molecule has 0 aliphatic carbocycles. The lowest BCUT2D eigenvalue weighted by Crippen LogP contribution is -2.29. The van der Waals surface area contributed by atoms with Gasteiger partial charge in [-0.05, 0) is 24.0 Å².